The van der Waals surface area contributed by atoms with E-state index in [1.54, 1.807) is 6.07 Å². The maximum absolute atomic E-state index is 11.1. The van der Waals surface area contributed by atoms with Crippen LogP contribution in [0.3, 0.4) is 0 Å². The van der Waals surface area contributed by atoms with E-state index in [4.69, 9.17) is 14.3 Å². The van der Waals surface area contributed by atoms with Gasteiger partial charge in [0.25, 0.3) is 0 Å². The molecule has 0 saturated carbocycles. The Morgan fingerprint density at radius 2 is 1.90 bits per heavy atom. The number of phosphoric ester groups is 1. The van der Waals surface area contributed by atoms with E-state index >= 15 is 0 Å². The molecule has 20 heavy (non-hydrogen) atoms. The molecule has 0 bridgehead atoms. The molecule has 0 heterocycles. The first-order chi connectivity index (χ1) is 8.63. The Kier molecular flexibility index (Phi) is 8.04. The smallest absolute Gasteiger partial charge is 1.00 e. The molecule has 0 atom stereocenters. The summed E-state index contributed by atoms with van der Waals surface area (Å²) in [6.45, 7) is 8.23. The topological polar surface area (TPSA) is 66.8 Å². The Bertz CT molecular complexity index is 482. The van der Waals surface area contributed by atoms with Crippen molar-refractivity contribution in [1.29, 1.82) is 0 Å². The van der Waals surface area contributed by atoms with Gasteiger partial charge in [-0.15, -0.1) is 0 Å². The quantitative estimate of drug-likeness (QED) is 0.627. The fourth-order valence-electron chi connectivity index (χ4n) is 1.81. The van der Waals surface area contributed by atoms with Crippen molar-refractivity contribution >= 4 is 7.82 Å². The average Bonchev–Trinajstić information content (AvgIpc) is 2.24. The predicted octanol–water partition coefficient (Wildman–Crippen LogP) is 0.915. The van der Waals surface area contributed by atoms with Crippen molar-refractivity contribution in [2.24, 2.45) is 0 Å². The number of benzene rings is 1. The van der Waals surface area contributed by atoms with Crippen LogP contribution in [0, 0.1) is 0 Å². The van der Waals surface area contributed by atoms with Crippen molar-refractivity contribution in [3.63, 3.8) is 0 Å². The van der Waals surface area contributed by atoms with Gasteiger partial charge in [0.15, 0.2) is 0 Å². The number of hydrogen-bond acceptors (Lipinski definition) is 2. The first-order valence-corrected chi connectivity index (χ1v) is 8.05. The summed E-state index contributed by atoms with van der Waals surface area (Å²) in [5.74, 6) is 0.300. The monoisotopic (exact) mass is 310 g/mol. The van der Waals surface area contributed by atoms with Gasteiger partial charge in [-0.05, 0) is 35.4 Å². The summed E-state index contributed by atoms with van der Waals surface area (Å²) in [6.07, 6.45) is 2.75. The fraction of sp³-hybridized carbons (Fsp3) is 0.571. The van der Waals surface area contributed by atoms with Crippen molar-refractivity contribution in [1.82, 2.24) is 0 Å². The van der Waals surface area contributed by atoms with E-state index in [0.29, 0.717) is 5.75 Å². The molecule has 0 radical (unpaired) electrons. The Morgan fingerprint density at radius 3 is 2.35 bits per heavy atom. The molecule has 6 heteroatoms. The van der Waals surface area contributed by atoms with E-state index in [2.05, 4.69) is 27.7 Å². The maximum Gasteiger partial charge on any atom is 1.00 e. The number of unbranched alkanes of at least 4 members (excludes halogenated alkanes) is 1. The zero-order valence-corrected chi connectivity index (χ0v) is 15.9. The summed E-state index contributed by atoms with van der Waals surface area (Å²) < 4.78 is 15.9. The molecular formula is C14H24NaO4P. The summed E-state index contributed by atoms with van der Waals surface area (Å²) >= 11 is 0. The molecule has 2 N–H and O–H groups in total. The first-order valence-electron chi connectivity index (χ1n) is 6.52. The minimum Gasteiger partial charge on any atom is -1.00 e. The van der Waals surface area contributed by atoms with Gasteiger partial charge in [0, 0.05) is 0 Å². The molecule has 0 amide bonds. The molecule has 110 valence electrons. The van der Waals surface area contributed by atoms with E-state index < -0.39 is 7.82 Å². The minimum atomic E-state index is -4.52. The van der Waals surface area contributed by atoms with E-state index in [0.717, 1.165) is 30.4 Å². The van der Waals surface area contributed by atoms with Gasteiger partial charge in [-0.3, -0.25) is 9.79 Å². The largest absolute Gasteiger partial charge is 1.00 e. The zero-order chi connectivity index (χ0) is 14.7. The molecule has 1 aromatic rings. The summed E-state index contributed by atoms with van der Waals surface area (Å²) in [7, 11) is -4.52. The second-order valence-corrected chi connectivity index (χ2v) is 6.92. The third kappa shape index (κ3) is 6.75. The van der Waals surface area contributed by atoms with Gasteiger partial charge in [0.05, 0.1) is 0 Å². The second-order valence-electron chi connectivity index (χ2n) is 5.76. The molecule has 0 aromatic heterocycles. The van der Waals surface area contributed by atoms with E-state index in [-0.39, 0.29) is 36.4 Å². The van der Waals surface area contributed by atoms with Crippen LogP contribution in [0.15, 0.2) is 18.2 Å². The third-order valence-corrected chi connectivity index (χ3v) is 3.38. The van der Waals surface area contributed by atoms with Crippen LogP contribution in [0.2, 0.25) is 0 Å². The van der Waals surface area contributed by atoms with Gasteiger partial charge in [0.2, 0.25) is 0 Å². The van der Waals surface area contributed by atoms with Gasteiger partial charge in [-0.1, -0.05) is 46.2 Å². The number of aryl methyl sites for hydroxylation is 1. The second kappa shape index (κ2) is 7.98. The van der Waals surface area contributed by atoms with Crippen LogP contribution in [0.1, 0.15) is 53.1 Å². The molecule has 0 aliphatic carbocycles. The average molecular weight is 310 g/mol. The van der Waals surface area contributed by atoms with Crippen LogP contribution in [-0.4, -0.2) is 9.79 Å². The summed E-state index contributed by atoms with van der Waals surface area (Å²) in [5, 5.41) is 0. The predicted molar refractivity (Wildman–Crippen MR) is 77.5 cm³/mol. The van der Waals surface area contributed by atoms with Crippen LogP contribution in [0.4, 0.5) is 0 Å². The molecule has 4 nitrogen and oxygen atoms in total. The molecule has 0 unspecified atom stereocenters. The van der Waals surface area contributed by atoms with Crippen molar-refractivity contribution < 1.29 is 49.9 Å². The van der Waals surface area contributed by atoms with Crippen molar-refractivity contribution in [3.8, 4) is 5.75 Å². The van der Waals surface area contributed by atoms with E-state index in [1.807, 2.05) is 12.1 Å². The minimum absolute atomic E-state index is 0. The summed E-state index contributed by atoms with van der Waals surface area (Å²) in [4.78, 5) is 18.0. The van der Waals surface area contributed by atoms with Gasteiger partial charge < -0.3 is 5.95 Å². The molecule has 0 aliphatic heterocycles. The molecule has 1 aromatic carbocycles. The van der Waals surface area contributed by atoms with Crippen LogP contribution in [0.5, 0.6) is 5.75 Å². The van der Waals surface area contributed by atoms with Crippen LogP contribution in [-0.2, 0) is 16.4 Å². The van der Waals surface area contributed by atoms with E-state index in [9.17, 15) is 4.57 Å². The van der Waals surface area contributed by atoms with Crippen molar-refractivity contribution in [2.75, 3.05) is 0 Å². The van der Waals surface area contributed by atoms with Crippen LogP contribution in [0.25, 0.3) is 0 Å². The maximum atomic E-state index is 11.1. The number of hydrogen-bond donors (Lipinski definition) is 2. The van der Waals surface area contributed by atoms with Crippen molar-refractivity contribution in [3.05, 3.63) is 29.3 Å². The molecule has 1 rings (SSSR count). The summed E-state index contributed by atoms with van der Waals surface area (Å²) in [6, 6.07) is 5.64. The van der Waals surface area contributed by atoms with Crippen molar-refractivity contribution in [2.45, 2.75) is 52.4 Å². The Hall–Kier alpha value is 0.170. The van der Waals surface area contributed by atoms with Gasteiger partial charge in [-0.2, -0.15) is 0 Å². The third-order valence-electron chi connectivity index (χ3n) is 2.95. The summed E-state index contributed by atoms with van der Waals surface area (Å²) in [5.41, 5.74) is 1.76. The normalized spacial score (nSPS) is 11.9. The fourth-order valence-corrected chi connectivity index (χ4v) is 2.23. The number of rotatable bonds is 5. The van der Waals surface area contributed by atoms with Crippen LogP contribution < -0.4 is 34.1 Å². The zero-order valence-electron chi connectivity index (χ0n) is 14.0. The van der Waals surface area contributed by atoms with Gasteiger partial charge in [0.1, 0.15) is 5.75 Å². The van der Waals surface area contributed by atoms with Crippen LogP contribution >= 0.6 is 7.82 Å². The number of phosphoric acid groups is 1. The molecule has 0 spiro atoms. The first kappa shape index (κ1) is 20.2. The van der Waals surface area contributed by atoms with Gasteiger partial charge in [-0.25, -0.2) is 4.57 Å². The standard InChI is InChI=1S/C14H23O4P.Na.H/c1-5-6-7-11-8-9-12(14(2,3)4)10-13(11)18-19(15,16)17;;/h8-10H,5-7H2,1-4H3,(H2,15,16,17);;/q;+1;-1. The molecule has 0 fully saturated rings. The molecule has 0 saturated heterocycles. The SMILES string of the molecule is CCCCc1ccc(C(C)(C)C)cc1OP(=O)(O)O.[H-].[Na+]. The molecule has 0 aliphatic rings. The van der Waals surface area contributed by atoms with Gasteiger partial charge >= 0.3 is 37.4 Å². The van der Waals surface area contributed by atoms with E-state index in [1.165, 1.54) is 0 Å². The Balaban J connectivity index is 0. The molecular weight excluding hydrogens is 286 g/mol. The Morgan fingerprint density at radius 1 is 1.30 bits per heavy atom. The Labute approximate surface area is 145 Å².